The zero-order valence-electron chi connectivity index (χ0n) is 16.8. The second-order valence-electron chi connectivity index (χ2n) is 6.72. The summed E-state index contributed by atoms with van der Waals surface area (Å²) in [6.07, 6.45) is 0. The predicted molar refractivity (Wildman–Crippen MR) is 114 cm³/mol. The SMILES string of the molecule is COC(=O)c1cccc(C(=O)Nc2ccccc2C(=O)N(C)Cc2ccccc2)c1. The molecule has 3 aromatic carbocycles. The number of esters is 1. The standard InChI is InChI=1S/C24H22N2O4/c1-26(16-17-9-4-3-5-10-17)23(28)20-13-6-7-14-21(20)25-22(27)18-11-8-12-19(15-18)24(29)30-2/h3-15H,16H2,1-2H3,(H,25,27). The smallest absolute Gasteiger partial charge is 0.337 e. The highest BCUT2D eigenvalue weighted by atomic mass is 16.5. The Labute approximate surface area is 175 Å². The molecule has 0 saturated heterocycles. The number of ether oxygens (including phenoxy) is 1. The van der Waals surface area contributed by atoms with Gasteiger partial charge in [-0.2, -0.15) is 0 Å². The topological polar surface area (TPSA) is 75.7 Å². The number of carbonyl (C=O) groups excluding carboxylic acids is 3. The van der Waals surface area contributed by atoms with E-state index in [0.717, 1.165) is 5.56 Å². The van der Waals surface area contributed by atoms with Crippen molar-refractivity contribution < 1.29 is 19.1 Å². The number of benzene rings is 3. The van der Waals surface area contributed by atoms with Crippen LogP contribution in [0.5, 0.6) is 0 Å². The lowest BCUT2D eigenvalue weighted by Gasteiger charge is -2.19. The minimum absolute atomic E-state index is 0.210. The number of anilines is 1. The van der Waals surface area contributed by atoms with Crippen molar-refractivity contribution in [3.63, 3.8) is 0 Å². The molecule has 3 aromatic rings. The molecule has 30 heavy (non-hydrogen) atoms. The summed E-state index contributed by atoms with van der Waals surface area (Å²) in [6, 6.07) is 22.7. The van der Waals surface area contributed by atoms with Gasteiger partial charge in [-0.3, -0.25) is 9.59 Å². The maximum Gasteiger partial charge on any atom is 0.337 e. The molecule has 1 N–H and O–H groups in total. The number of amides is 2. The number of para-hydroxylation sites is 1. The zero-order valence-corrected chi connectivity index (χ0v) is 16.8. The maximum atomic E-state index is 13.0. The van der Waals surface area contributed by atoms with E-state index >= 15 is 0 Å². The summed E-state index contributed by atoms with van der Waals surface area (Å²) in [5.74, 6) is -1.16. The summed E-state index contributed by atoms with van der Waals surface area (Å²) in [5, 5.41) is 2.77. The molecule has 0 aliphatic heterocycles. The summed E-state index contributed by atoms with van der Waals surface area (Å²) in [7, 11) is 3.00. The molecule has 0 heterocycles. The van der Waals surface area contributed by atoms with Crippen molar-refractivity contribution in [2.45, 2.75) is 6.54 Å². The third-order valence-corrected chi connectivity index (χ3v) is 4.56. The molecule has 0 fully saturated rings. The Morgan fingerprint density at radius 3 is 2.27 bits per heavy atom. The van der Waals surface area contributed by atoms with Gasteiger partial charge in [-0.05, 0) is 35.9 Å². The summed E-state index contributed by atoms with van der Waals surface area (Å²) in [6.45, 7) is 0.448. The van der Waals surface area contributed by atoms with Crippen LogP contribution < -0.4 is 5.32 Å². The molecule has 2 amide bonds. The van der Waals surface area contributed by atoms with Crippen LogP contribution in [-0.2, 0) is 11.3 Å². The van der Waals surface area contributed by atoms with Gasteiger partial charge in [0, 0.05) is 19.2 Å². The average molecular weight is 402 g/mol. The van der Waals surface area contributed by atoms with Gasteiger partial charge in [0.05, 0.1) is 23.9 Å². The van der Waals surface area contributed by atoms with Crippen LogP contribution in [0, 0.1) is 0 Å². The van der Waals surface area contributed by atoms with E-state index in [0.29, 0.717) is 17.8 Å². The van der Waals surface area contributed by atoms with Gasteiger partial charge < -0.3 is 15.0 Å². The van der Waals surface area contributed by atoms with E-state index in [-0.39, 0.29) is 17.0 Å². The third-order valence-electron chi connectivity index (χ3n) is 4.56. The van der Waals surface area contributed by atoms with Crippen molar-refractivity contribution in [1.82, 2.24) is 4.90 Å². The summed E-state index contributed by atoms with van der Waals surface area (Å²) >= 11 is 0. The van der Waals surface area contributed by atoms with Gasteiger partial charge >= 0.3 is 5.97 Å². The quantitative estimate of drug-likeness (QED) is 0.633. The molecule has 0 bridgehead atoms. The van der Waals surface area contributed by atoms with E-state index in [2.05, 4.69) is 5.32 Å². The summed E-state index contributed by atoms with van der Waals surface area (Å²) < 4.78 is 4.69. The largest absolute Gasteiger partial charge is 0.465 e. The Bertz CT molecular complexity index is 1060. The van der Waals surface area contributed by atoms with Crippen LogP contribution in [0.15, 0.2) is 78.9 Å². The molecule has 6 heteroatoms. The number of nitrogens with zero attached hydrogens (tertiary/aromatic N) is 1. The fraction of sp³-hybridized carbons (Fsp3) is 0.125. The van der Waals surface area contributed by atoms with Crippen molar-refractivity contribution in [2.24, 2.45) is 0 Å². The first kappa shape index (κ1) is 20.8. The van der Waals surface area contributed by atoms with Crippen molar-refractivity contribution in [3.05, 3.63) is 101 Å². The first-order valence-electron chi connectivity index (χ1n) is 9.37. The van der Waals surface area contributed by atoms with E-state index in [1.165, 1.54) is 13.2 Å². The van der Waals surface area contributed by atoms with Crippen LogP contribution in [0.3, 0.4) is 0 Å². The number of methoxy groups -OCH3 is 1. The van der Waals surface area contributed by atoms with Gasteiger partial charge in [-0.25, -0.2) is 4.79 Å². The van der Waals surface area contributed by atoms with Gasteiger partial charge in [0.2, 0.25) is 0 Å². The molecule has 0 radical (unpaired) electrons. The Balaban J connectivity index is 1.79. The number of hydrogen-bond donors (Lipinski definition) is 1. The van der Waals surface area contributed by atoms with E-state index < -0.39 is 11.9 Å². The molecule has 0 aliphatic rings. The second-order valence-corrected chi connectivity index (χ2v) is 6.72. The first-order valence-corrected chi connectivity index (χ1v) is 9.37. The Kier molecular flexibility index (Phi) is 6.60. The molecule has 0 aromatic heterocycles. The van der Waals surface area contributed by atoms with Crippen LogP contribution in [-0.4, -0.2) is 36.8 Å². The molecule has 0 aliphatic carbocycles. The highest BCUT2D eigenvalue weighted by Crippen LogP contribution is 2.19. The molecule has 3 rings (SSSR count). The average Bonchev–Trinajstić information content (AvgIpc) is 2.79. The fourth-order valence-electron chi connectivity index (χ4n) is 3.01. The van der Waals surface area contributed by atoms with Gasteiger partial charge in [-0.15, -0.1) is 0 Å². The molecule has 0 spiro atoms. The van der Waals surface area contributed by atoms with Crippen molar-refractivity contribution in [1.29, 1.82) is 0 Å². The van der Waals surface area contributed by atoms with Crippen molar-refractivity contribution in [2.75, 3.05) is 19.5 Å². The van der Waals surface area contributed by atoms with Crippen LogP contribution in [0.1, 0.15) is 36.6 Å². The van der Waals surface area contributed by atoms with Crippen LogP contribution in [0.25, 0.3) is 0 Å². The molecular weight excluding hydrogens is 380 g/mol. The lowest BCUT2D eigenvalue weighted by Crippen LogP contribution is -2.27. The third kappa shape index (κ3) is 4.91. The van der Waals surface area contributed by atoms with Gasteiger partial charge in [0.15, 0.2) is 0 Å². The molecule has 0 saturated carbocycles. The van der Waals surface area contributed by atoms with Crippen molar-refractivity contribution >= 4 is 23.5 Å². The highest BCUT2D eigenvalue weighted by molar-refractivity contribution is 6.09. The Morgan fingerprint density at radius 1 is 0.867 bits per heavy atom. The molecular formula is C24H22N2O4. The van der Waals surface area contributed by atoms with Crippen LogP contribution in [0.4, 0.5) is 5.69 Å². The molecule has 0 atom stereocenters. The number of rotatable bonds is 6. The number of nitrogens with one attached hydrogen (secondary N) is 1. The number of carbonyl (C=O) groups is 3. The second kappa shape index (κ2) is 9.52. The lowest BCUT2D eigenvalue weighted by molar-refractivity contribution is 0.0600. The number of hydrogen-bond acceptors (Lipinski definition) is 4. The Hall–Kier alpha value is -3.93. The normalized spacial score (nSPS) is 10.2. The predicted octanol–water partition coefficient (Wildman–Crippen LogP) is 4.00. The zero-order chi connectivity index (χ0) is 21.5. The molecule has 152 valence electrons. The van der Waals surface area contributed by atoms with Crippen molar-refractivity contribution in [3.8, 4) is 0 Å². The molecule has 6 nitrogen and oxygen atoms in total. The van der Waals surface area contributed by atoms with Gasteiger partial charge in [0.1, 0.15) is 0 Å². The van der Waals surface area contributed by atoms with E-state index in [4.69, 9.17) is 4.74 Å². The minimum Gasteiger partial charge on any atom is -0.465 e. The monoisotopic (exact) mass is 402 g/mol. The Morgan fingerprint density at radius 2 is 1.53 bits per heavy atom. The van der Waals surface area contributed by atoms with Crippen LogP contribution >= 0.6 is 0 Å². The summed E-state index contributed by atoms with van der Waals surface area (Å²) in [5.41, 5.74) is 2.36. The minimum atomic E-state index is -0.525. The lowest BCUT2D eigenvalue weighted by atomic mass is 10.1. The first-order chi connectivity index (χ1) is 14.5. The van der Waals surface area contributed by atoms with Crippen LogP contribution in [0.2, 0.25) is 0 Å². The summed E-state index contributed by atoms with van der Waals surface area (Å²) in [4.78, 5) is 39.0. The maximum absolute atomic E-state index is 13.0. The van der Waals surface area contributed by atoms with Gasteiger partial charge in [-0.1, -0.05) is 48.5 Å². The van der Waals surface area contributed by atoms with E-state index in [1.54, 1.807) is 54.4 Å². The van der Waals surface area contributed by atoms with E-state index in [1.807, 2.05) is 30.3 Å². The van der Waals surface area contributed by atoms with Gasteiger partial charge in [0.25, 0.3) is 11.8 Å². The highest BCUT2D eigenvalue weighted by Gasteiger charge is 2.18. The molecule has 0 unspecified atom stereocenters. The fourth-order valence-corrected chi connectivity index (χ4v) is 3.01. The van der Waals surface area contributed by atoms with E-state index in [9.17, 15) is 14.4 Å².